The molecule has 0 aliphatic carbocycles. The van der Waals surface area contributed by atoms with Gasteiger partial charge >= 0.3 is 5.97 Å². The number of carbonyl (C=O) groups is 1. The first kappa shape index (κ1) is 14.4. The van der Waals surface area contributed by atoms with Crippen LogP contribution >= 0.6 is 11.8 Å². The second kappa shape index (κ2) is 5.81. The van der Waals surface area contributed by atoms with Crippen LogP contribution in [0.15, 0.2) is 23.4 Å². The molecule has 6 nitrogen and oxygen atoms in total. The highest BCUT2D eigenvalue weighted by molar-refractivity contribution is 8.01. The van der Waals surface area contributed by atoms with E-state index in [0.717, 1.165) is 0 Å². The van der Waals surface area contributed by atoms with Gasteiger partial charge in [0.05, 0.1) is 16.6 Å². The molecule has 1 rings (SSSR count). The zero-order valence-corrected chi connectivity index (χ0v) is 11.2. The van der Waals surface area contributed by atoms with E-state index in [9.17, 15) is 14.9 Å². The highest BCUT2D eigenvalue weighted by Gasteiger charge is 2.31. The van der Waals surface area contributed by atoms with Gasteiger partial charge in [0.1, 0.15) is 10.9 Å². The van der Waals surface area contributed by atoms with Gasteiger partial charge in [0.25, 0.3) is 5.69 Å². The first-order valence-electron chi connectivity index (χ1n) is 5.33. The molecular weight excluding hydrogens is 256 g/mol. The number of thioether (sulfide) groups is 1. The zero-order valence-electron chi connectivity index (χ0n) is 10.4. The van der Waals surface area contributed by atoms with E-state index in [1.165, 1.54) is 30.1 Å². The van der Waals surface area contributed by atoms with Gasteiger partial charge in [-0.3, -0.25) is 14.9 Å². The fourth-order valence-electron chi connectivity index (χ4n) is 1.15. The van der Waals surface area contributed by atoms with E-state index in [4.69, 9.17) is 4.74 Å². The fraction of sp³-hybridized carbons (Fsp3) is 0.455. The van der Waals surface area contributed by atoms with E-state index in [0.29, 0.717) is 11.6 Å². The van der Waals surface area contributed by atoms with Gasteiger partial charge < -0.3 is 4.74 Å². The lowest BCUT2D eigenvalue weighted by Crippen LogP contribution is -2.30. The minimum atomic E-state index is -0.779. The van der Waals surface area contributed by atoms with Crippen molar-refractivity contribution < 1.29 is 14.5 Å². The summed E-state index contributed by atoms with van der Waals surface area (Å²) in [6.07, 6.45) is 1.17. The molecule has 0 aliphatic rings. The molecule has 0 radical (unpaired) electrons. The predicted molar refractivity (Wildman–Crippen MR) is 67.5 cm³/mol. The van der Waals surface area contributed by atoms with Gasteiger partial charge in [-0.2, -0.15) is 0 Å². The Morgan fingerprint density at radius 3 is 2.67 bits per heavy atom. The van der Waals surface area contributed by atoms with Gasteiger partial charge in [-0.25, -0.2) is 4.98 Å². The lowest BCUT2D eigenvalue weighted by Gasteiger charge is -2.20. The van der Waals surface area contributed by atoms with Crippen LogP contribution in [0.4, 0.5) is 5.69 Å². The zero-order chi connectivity index (χ0) is 13.8. The molecule has 1 aromatic rings. The summed E-state index contributed by atoms with van der Waals surface area (Å²) in [5, 5.41) is 11.0. The third kappa shape index (κ3) is 3.69. The number of aromatic nitrogens is 1. The predicted octanol–water partition coefficient (Wildman–Crippen LogP) is 2.42. The van der Waals surface area contributed by atoms with Crippen LogP contribution in [0.3, 0.4) is 0 Å². The van der Waals surface area contributed by atoms with E-state index in [2.05, 4.69) is 4.98 Å². The molecule has 0 amide bonds. The molecule has 0 aromatic carbocycles. The lowest BCUT2D eigenvalue weighted by molar-refractivity contribution is -0.385. The van der Waals surface area contributed by atoms with Crippen molar-refractivity contribution in [2.24, 2.45) is 0 Å². The van der Waals surface area contributed by atoms with E-state index in [1.54, 1.807) is 20.8 Å². The maximum absolute atomic E-state index is 11.7. The number of rotatable bonds is 5. The largest absolute Gasteiger partial charge is 0.465 e. The second-order valence-corrected chi connectivity index (χ2v) is 5.59. The molecule has 0 spiro atoms. The fourth-order valence-corrected chi connectivity index (χ4v) is 2.06. The average Bonchev–Trinajstić information content (AvgIpc) is 2.29. The third-order valence-electron chi connectivity index (χ3n) is 2.06. The summed E-state index contributed by atoms with van der Waals surface area (Å²) >= 11 is 1.21. The Balaban J connectivity index is 2.78. The van der Waals surface area contributed by atoms with Crippen LogP contribution in [0.2, 0.25) is 0 Å². The first-order chi connectivity index (χ1) is 8.36. The van der Waals surface area contributed by atoms with E-state index in [1.807, 2.05) is 0 Å². The van der Waals surface area contributed by atoms with Gasteiger partial charge in [0.15, 0.2) is 0 Å². The van der Waals surface area contributed by atoms with Crippen LogP contribution in [0.25, 0.3) is 0 Å². The normalized spacial score (nSPS) is 11.1. The number of esters is 1. The molecule has 0 atom stereocenters. The lowest BCUT2D eigenvalue weighted by atomic mass is 10.2. The summed E-state index contributed by atoms with van der Waals surface area (Å²) < 4.78 is 4.17. The molecule has 1 aromatic heterocycles. The van der Waals surface area contributed by atoms with Crippen molar-refractivity contribution in [3.63, 3.8) is 0 Å². The van der Waals surface area contributed by atoms with E-state index >= 15 is 0 Å². The quantitative estimate of drug-likeness (QED) is 0.353. The number of nitrogens with zero attached hydrogens (tertiary/aromatic N) is 2. The topological polar surface area (TPSA) is 82.3 Å². The molecule has 0 fully saturated rings. The van der Waals surface area contributed by atoms with Crippen molar-refractivity contribution in [2.45, 2.75) is 30.5 Å². The highest BCUT2D eigenvalue weighted by atomic mass is 32.2. The molecule has 18 heavy (non-hydrogen) atoms. The molecule has 7 heteroatoms. The van der Waals surface area contributed by atoms with Crippen molar-refractivity contribution in [2.75, 3.05) is 6.61 Å². The molecule has 0 N–H and O–H groups in total. The Morgan fingerprint density at radius 1 is 1.56 bits per heavy atom. The van der Waals surface area contributed by atoms with Crippen LogP contribution in [-0.4, -0.2) is 27.2 Å². The molecule has 0 aliphatic heterocycles. The number of hydrogen-bond donors (Lipinski definition) is 0. The Bertz CT molecular complexity index is 445. The van der Waals surface area contributed by atoms with Gasteiger partial charge in [0.2, 0.25) is 0 Å². The van der Waals surface area contributed by atoms with Crippen molar-refractivity contribution in [1.29, 1.82) is 0 Å². The van der Waals surface area contributed by atoms with Gasteiger partial charge in [-0.15, -0.1) is 0 Å². The smallest absolute Gasteiger partial charge is 0.322 e. The summed E-state index contributed by atoms with van der Waals surface area (Å²) in [7, 11) is 0. The summed E-state index contributed by atoms with van der Waals surface area (Å²) in [5.41, 5.74) is -0.0757. The van der Waals surface area contributed by atoms with Crippen molar-refractivity contribution >= 4 is 23.4 Å². The highest BCUT2D eigenvalue weighted by Crippen LogP contribution is 2.32. The summed E-state index contributed by atoms with van der Waals surface area (Å²) in [5.74, 6) is -0.338. The minimum Gasteiger partial charge on any atom is -0.465 e. The maximum atomic E-state index is 11.7. The molecule has 1 heterocycles. The summed E-state index contributed by atoms with van der Waals surface area (Å²) in [4.78, 5) is 25.6. The number of ether oxygens (including phenoxy) is 1. The number of hydrogen-bond acceptors (Lipinski definition) is 6. The first-order valence-corrected chi connectivity index (χ1v) is 6.15. The average molecular weight is 270 g/mol. The second-order valence-electron chi connectivity index (χ2n) is 3.94. The number of carbonyl (C=O) groups excluding carboxylic acids is 1. The maximum Gasteiger partial charge on any atom is 0.322 e. The molecule has 0 saturated heterocycles. The number of pyridine rings is 1. The van der Waals surface area contributed by atoms with Gasteiger partial charge in [-0.05, 0) is 26.8 Å². The minimum absolute atomic E-state index is 0.0757. The molecule has 0 saturated carbocycles. The van der Waals surface area contributed by atoms with E-state index < -0.39 is 9.67 Å². The van der Waals surface area contributed by atoms with Crippen molar-refractivity contribution in [3.8, 4) is 0 Å². The molecule has 0 unspecified atom stereocenters. The molecule has 98 valence electrons. The van der Waals surface area contributed by atoms with Crippen LogP contribution in [0, 0.1) is 10.1 Å². The van der Waals surface area contributed by atoms with Crippen molar-refractivity contribution in [3.05, 3.63) is 28.4 Å². The number of nitro groups is 1. The van der Waals surface area contributed by atoms with Crippen LogP contribution < -0.4 is 0 Å². The monoisotopic (exact) mass is 270 g/mol. The summed E-state index contributed by atoms with van der Waals surface area (Å²) in [6, 6.07) is 2.88. The van der Waals surface area contributed by atoms with Crippen LogP contribution in [0.5, 0.6) is 0 Å². The molecular formula is C11H14N2O4S. The third-order valence-corrected chi connectivity index (χ3v) is 3.19. The Hall–Kier alpha value is -1.63. The standard InChI is InChI=1S/C11H14N2O4S/c1-4-17-10(14)11(2,3)18-9-6-5-8(7-12-9)13(15)16/h5-7H,4H2,1-3H3. The SMILES string of the molecule is CCOC(=O)C(C)(C)Sc1ccc([N+](=O)[O-])cn1. The summed E-state index contributed by atoms with van der Waals surface area (Å²) in [6.45, 7) is 5.50. The molecule has 0 bridgehead atoms. The van der Waals surface area contributed by atoms with Crippen LogP contribution in [-0.2, 0) is 9.53 Å². The van der Waals surface area contributed by atoms with Crippen LogP contribution in [0.1, 0.15) is 20.8 Å². The van der Waals surface area contributed by atoms with Gasteiger partial charge in [0, 0.05) is 6.07 Å². The Morgan fingerprint density at radius 2 is 2.22 bits per heavy atom. The van der Waals surface area contributed by atoms with E-state index in [-0.39, 0.29) is 11.7 Å². The Labute approximate surface area is 109 Å². The van der Waals surface area contributed by atoms with Gasteiger partial charge in [-0.1, -0.05) is 11.8 Å². The van der Waals surface area contributed by atoms with Crippen molar-refractivity contribution in [1.82, 2.24) is 4.98 Å². The Kier molecular flexibility index (Phi) is 4.66.